The van der Waals surface area contributed by atoms with E-state index in [-0.39, 0.29) is 102 Å². The lowest BCUT2D eigenvalue weighted by Gasteiger charge is -2.30. The Morgan fingerprint density at radius 2 is 1.74 bits per heavy atom. The minimum absolute atomic E-state index is 0.0351. The molecule has 3 N–H and O–H groups in total. The van der Waals surface area contributed by atoms with Crippen molar-refractivity contribution >= 4 is 63.4 Å². The van der Waals surface area contributed by atoms with Crippen LogP contribution in [0.4, 0.5) is 39.3 Å². The second kappa shape index (κ2) is 13.3. The van der Waals surface area contributed by atoms with Crippen LogP contribution in [0.3, 0.4) is 0 Å². The zero-order chi connectivity index (χ0) is 34.4. The van der Waals surface area contributed by atoms with E-state index in [1.807, 2.05) is 0 Å². The molecule has 15 heteroatoms. The number of nitrogens with one attached hydrogen (secondary N) is 3. The number of hydrogen-bond acceptors (Lipinski definition) is 5. The number of halogens is 7. The standard InChI is InChI=1S/C32H37Cl2F5N6O2/c1-31(2,3)29(47)40-14-16-5-10-21(33)25(23(16)34)43-30-42-22-13-20(28(46)41-19-8-6-17(7-9-19)32(37,38)39)26(24(36)27(22)44(30)4)45-12-11-18(35)15-45/h5,10,13,17-19H,6-9,11-12,14-15H2,1-4H3,(H,40,47)(H,41,46)(H,42,43)/t17-,18-,19-/m1/s1. The zero-order valence-corrected chi connectivity index (χ0v) is 27.9. The van der Waals surface area contributed by atoms with Gasteiger partial charge in [0.25, 0.3) is 5.91 Å². The topological polar surface area (TPSA) is 91.3 Å². The molecule has 0 spiro atoms. The average molecular weight is 704 g/mol. The number of rotatable bonds is 7. The summed E-state index contributed by atoms with van der Waals surface area (Å²) in [4.78, 5) is 32.0. The number of fused-ring (bicyclic) bond motifs is 1. The van der Waals surface area contributed by atoms with Crippen molar-refractivity contribution in [3.05, 3.63) is 45.2 Å². The van der Waals surface area contributed by atoms with Crippen molar-refractivity contribution in [3.8, 4) is 0 Å². The van der Waals surface area contributed by atoms with Gasteiger partial charge in [-0.15, -0.1) is 0 Å². The molecule has 1 aliphatic carbocycles. The number of benzene rings is 2. The summed E-state index contributed by atoms with van der Waals surface area (Å²) >= 11 is 13.2. The zero-order valence-electron chi connectivity index (χ0n) is 26.4. The lowest BCUT2D eigenvalue weighted by molar-refractivity contribution is -0.182. The molecular weight excluding hydrogens is 666 g/mol. The van der Waals surface area contributed by atoms with Crippen LogP contribution in [0.5, 0.6) is 0 Å². The van der Waals surface area contributed by atoms with Crippen molar-refractivity contribution in [2.45, 2.75) is 77.8 Å². The number of carbonyl (C=O) groups is 2. The molecule has 1 aromatic heterocycles. The molecule has 1 aliphatic heterocycles. The SMILES string of the molecule is Cn1c(Nc2c(Cl)ccc(CNC(=O)C(C)(C)C)c2Cl)nc2cc(C(=O)N[C@H]3CC[C@H](C(F)(F)F)CC3)c(N3CC[C@@H](F)C3)c(F)c21. The molecule has 2 heterocycles. The summed E-state index contributed by atoms with van der Waals surface area (Å²) in [5.41, 5.74) is 0.189. The van der Waals surface area contributed by atoms with Gasteiger partial charge in [0, 0.05) is 38.1 Å². The van der Waals surface area contributed by atoms with Gasteiger partial charge in [-0.1, -0.05) is 50.0 Å². The van der Waals surface area contributed by atoms with E-state index in [0.717, 1.165) is 0 Å². The highest BCUT2D eigenvalue weighted by Crippen LogP contribution is 2.40. The van der Waals surface area contributed by atoms with Gasteiger partial charge in [-0.25, -0.2) is 13.8 Å². The number of carbonyl (C=O) groups excluding carboxylic acids is 2. The smallest absolute Gasteiger partial charge is 0.365 e. The van der Waals surface area contributed by atoms with Crippen LogP contribution in [-0.2, 0) is 18.4 Å². The van der Waals surface area contributed by atoms with Crippen molar-refractivity contribution in [1.29, 1.82) is 0 Å². The molecule has 2 aromatic carbocycles. The summed E-state index contributed by atoms with van der Waals surface area (Å²) in [6.45, 7) is 5.54. The number of nitrogens with zero attached hydrogens (tertiary/aromatic N) is 3. The predicted molar refractivity (Wildman–Crippen MR) is 173 cm³/mol. The van der Waals surface area contributed by atoms with E-state index < -0.39 is 41.4 Å². The van der Waals surface area contributed by atoms with Crippen LogP contribution in [-0.4, -0.2) is 52.8 Å². The second-order valence-electron chi connectivity index (χ2n) is 13.3. The predicted octanol–water partition coefficient (Wildman–Crippen LogP) is 7.82. The molecule has 1 atom stereocenters. The maximum atomic E-state index is 16.5. The third-order valence-electron chi connectivity index (χ3n) is 8.82. The second-order valence-corrected chi connectivity index (χ2v) is 14.1. The number of hydrogen-bond donors (Lipinski definition) is 3. The fourth-order valence-electron chi connectivity index (χ4n) is 6.06. The van der Waals surface area contributed by atoms with Crippen LogP contribution in [0.25, 0.3) is 11.0 Å². The Morgan fingerprint density at radius 1 is 1.06 bits per heavy atom. The van der Waals surface area contributed by atoms with Gasteiger partial charge < -0.3 is 25.4 Å². The summed E-state index contributed by atoms with van der Waals surface area (Å²) in [6.07, 6.45) is -5.33. The molecule has 47 heavy (non-hydrogen) atoms. The first-order chi connectivity index (χ1) is 22.0. The molecule has 2 fully saturated rings. The van der Waals surface area contributed by atoms with Crippen LogP contribution in [0.1, 0.15) is 68.8 Å². The summed E-state index contributed by atoms with van der Waals surface area (Å²) in [7, 11) is 1.56. The van der Waals surface area contributed by atoms with Crippen molar-refractivity contribution in [2.75, 3.05) is 23.3 Å². The van der Waals surface area contributed by atoms with E-state index in [4.69, 9.17) is 23.2 Å². The average Bonchev–Trinajstić information content (AvgIpc) is 3.55. The Kier molecular flexibility index (Phi) is 9.90. The number of amides is 2. The number of aromatic nitrogens is 2. The number of imidazole rings is 1. The highest BCUT2D eigenvalue weighted by molar-refractivity contribution is 6.39. The minimum atomic E-state index is -4.29. The van der Waals surface area contributed by atoms with Crippen LogP contribution in [0.15, 0.2) is 18.2 Å². The van der Waals surface area contributed by atoms with Crippen LogP contribution >= 0.6 is 23.2 Å². The third kappa shape index (κ3) is 7.40. The summed E-state index contributed by atoms with van der Waals surface area (Å²) in [6, 6.07) is 4.16. The summed E-state index contributed by atoms with van der Waals surface area (Å²) < 4.78 is 71.7. The minimum Gasteiger partial charge on any atom is -0.365 e. The van der Waals surface area contributed by atoms with Gasteiger partial charge in [0.1, 0.15) is 11.7 Å². The summed E-state index contributed by atoms with van der Waals surface area (Å²) in [5, 5.41) is 9.12. The van der Waals surface area contributed by atoms with E-state index in [0.29, 0.717) is 5.56 Å². The highest BCUT2D eigenvalue weighted by atomic mass is 35.5. The van der Waals surface area contributed by atoms with Gasteiger partial charge in [-0.2, -0.15) is 13.2 Å². The Labute approximate surface area is 279 Å². The molecule has 2 amide bonds. The molecule has 2 aliphatic rings. The molecule has 0 radical (unpaired) electrons. The molecule has 0 bridgehead atoms. The third-order valence-corrected chi connectivity index (χ3v) is 9.57. The van der Waals surface area contributed by atoms with Crippen molar-refractivity contribution < 1.29 is 31.5 Å². The molecule has 0 unspecified atom stereocenters. The first-order valence-corrected chi connectivity index (χ1v) is 16.2. The van der Waals surface area contributed by atoms with Gasteiger partial charge in [0.05, 0.1) is 38.4 Å². The lowest BCUT2D eigenvalue weighted by atomic mass is 9.85. The maximum absolute atomic E-state index is 16.5. The summed E-state index contributed by atoms with van der Waals surface area (Å²) in [5.74, 6) is -2.92. The molecule has 1 saturated carbocycles. The molecular formula is C32H37Cl2F5N6O2. The van der Waals surface area contributed by atoms with Gasteiger partial charge in [-0.05, 0) is 49.8 Å². The quantitative estimate of drug-likeness (QED) is 0.219. The number of alkyl halides is 4. The van der Waals surface area contributed by atoms with Gasteiger partial charge in [-0.3, -0.25) is 9.59 Å². The van der Waals surface area contributed by atoms with Crippen LogP contribution in [0, 0.1) is 17.2 Å². The van der Waals surface area contributed by atoms with E-state index in [9.17, 15) is 27.2 Å². The largest absolute Gasteiger partial charge is 0.391 e. The van der Waals surface area contributed by atoms with Gasteiger partial charge >= 0.3 is 6.18 Å². The van der Waals surface area contributed by atoms with Gasteiger partial charge in [0.15, 0.2) is 5.82 Å². The lowest BCUT2D eigenvalue weighted by Crippen LogP contribution is -2.40. The van der Waals surface area contributed by atoms with Crippen LogP contribution in [0.2, 0.25) is 10.0 Å². The molecule has 8 nitrogen and oxygen atoms in total. The van der Waals surface area contributed by atoms with E-state index in [1.165, 1.54) is 15.5 Å². The Bertz CT molecular complexity index is 1680. The van der Waals surface area contributed by atoms with Crippen molar-refractivity contribution in [3.63, 3.8) is 0 Å². The van der Waals surface area contributed by atoms with Crippen molar-refractivity contribution in [2.24, 2.45) is 18.4 Å². The Balaban J connectivity index is 1.47. The van der Waals surface area contributed by atoms with Gasteiger partial charge in [0.2, 0.25) is 11.9 Å². The first-order valence-electron chi connectivity index (χ1n) is 15.4. The first kappa shape index (κ1) is 35.0. The number of anilines is 3. The number of aryl methyl sites for hydroxylation is 1. The molecule has 256 valence electrons. The van der Waals surface area contributed by atoms with Crippen LogP contribution < -0.4 is 20.9 Å². The Morgan fingerprint density at radius 3 is 2.34 bits per heavy atom. The maximum Gasteiger partial charge on any atom is 0.391 e. The monoisotopic (exact) mass is 702 g/mol. The van der Waals surface area contributed by atoms with E-state index in [1.54, 1.807) is 40.0 Å². The fourth-order valence-corrected chi connectivity index (χ4v) is 6.59. The molecule has 1 saturated heterocycles. The normalized spacial score (nSPS) is 20.5. The Hall–Kier alpha value is -3.32. The molecule has 3 aromatic rings. The van der Waals surface area contributed by atoms with Crippen molar-refractivity contribution in [1.82, 2.24) is 20.2 Å². The molecule has 5 rings (SSSR count). The fraction of sp³-hybridized carbons (Fsp3) is 0.531. The van der Waals surface area contributed by atoms with E-state index in [2.05, 4.69) is 20.9 Å². The highest BCUT2D eigenvalue weighted by Gasteiger charge is 2.42. The van der Waals surface area contributed by atoms with E-state index >= 15 is 4.39 Å².